The highest BCUT2D eigenvalue weighted by atomic mass is 16.2. The van der Waals surface area contributed by atoms with Crippen LogP contribution in [0.1, 0.15) is 41.5 Å². The highest BCUT2D eigenvalue weighted by molar-refractivity contribution is 5.89. The minimum absolute atomic E-state index is 0.0955. The van der Waals surface area contributed by atoms with Crippen LogP contribution in [0.4, 0.5) is 10.5 Å². The van der Waals surface area contributed by atoms with Gasteiger partial charge in [0.25, 0.3) is 0 Å². The monoisotopic (exact) mass is 385 g/mol. The van der Waals surface area contributed by atoms with Gasteiger partial charge in [-0.05, 0) is 42.2 Å². The summed E-state index contributed by atoms with van der Waals surface area (Å²) >= 11 is 0. The van der Waals surface area contributed by atoms with Crippen LogP contribution in [-0.4, -0.2) is 34.2 Å². The standard InChI is InChI=1S/C23H23N5O/c24-15-21(17-5-2-1-3-6-17)18-8-10-20(11-9-18)26-23(29)28-14-4-7-19(16-28)22-12-13-25-27-22/h1-3,5-6,8-13,19,21H,4,7,14,16H2,(H,25,27)(H,26,29). The zero-order chi connectivity index (χ0) is 20.1. The quantitative estimate of drug-likeness (QED) is 0.694. The normalized spacial score (nSPS) is 17.3. The number of carbonyl (C=O) groups is 1. The Morgan fingerprint density at radius 1 is 1.14 bits per heavy atom. The molecule has 0 aliphatic carbocycles. The summed E-state index contributed by atoms with van der Waals surface area (Å²) in [6.07, 6.45) is 3.77. The minimum atomic E-state index is -0.321. The Labute approximate surface area is 170 Å². The summed E-state index contributed by atoms with van der Waals surface area (Å²) in [7, 11) is 0. The highest BCUT2D eigenvalue weighted by Gasteiger charge is 2.25. The van der Waals surface area contributed by atoms with Gasteiger partial charge in [-0.15, -0.1) is 0 Å². The van der Waals surface area contributed by atoms with Crippen molar-refractivity contribution < 1.29 is 4.79 Å². The van der Waals surface area contributed by atoms with Crippen molar-refractivity contribution in [2.45, 2.75) is 24.7 Å². The second kappa shape index (κ2) is 8.61. The van der Waals surface area contributed by atoms with Crippen LogP contribution in [0.15, 0.2) is 66.9 Å². The molecule has 2 amide bonds. The first kappa shape index (κ1) is 18.8. The van der Waals surface area contributed by atoms with Crippen molar-refractivity contribution in [2.75, 3.05) is 18.4 Å². The van der Waals surface area contributed by atoms with Crippen molar-refractivity contribution in [1.82, 2.24) is 15.1 Å². The number of nitrogens with one attached hydrogen (secondary N) is 2. The molecule has 0 bridgehead atoms. The molecule has 2 heterocycles. The molecule has 2 N–H and O–H groups in total. The molecule has 146 valence electrons. The fourth-order valence-corrected chi connectivity index (χ4v) is 3.86. The molecule has 1 saturated heterocycles. The molecule has 0 spiro atoms. The van der Waals surface area contributed by atoms with Gasteiger partial charge in [0.2, 0.25) is 0 Å². The molecule has 3 aromatic rings. The van der Waals surface area contributed by atoms with Crippen LogP contribution < -0.4 is 5.32 Å². The van der Waals surface area contributed by atoms with Crippen molar-refractivity contribution >= 4 is 11.7 Å². The van der Waals surface area contributed by atoms with Gasteiger partial charge in [-0.2, -0.15) is 10.4 Å². The molecule has 2 aromatic carbocycles. The molecule has 0 saturated carbocycles. The van der Waals surface area contributed by atoms with Crippen LogP contribution in [0.2, 0.25) is 0 Å². The smallest absolute Gasteiger partial charge is 0.321 e. The van der Waals surface area contributed by atoms with Gasteiger partial charge in [-0.25, -0.2) is 4.79 Å². The van der Waals surface area contributed by atoms with E-state index < -0.39 is 0 Å². The number of rotatable bonds is 4. The minimum Gasteiger partial charge on any atom is -0.324 e. The molecule has 2 unspecified atom stereocenters. The lowest BCUT2D eigenvalue weighted by molar-refractivity contribution is 0.192. The number of carbonyl (C=O) groups excluding carboxylic acids is 1. The number of aromatic nitrogens is 2. The zero-order valence-corrected chi connectivity index (χ0v) is 16.1. The van der Waals surface area contributed by atoms with Gasteiger partial charge >= 0.3 is 6.03 Å². The maximum absolute atomic E-state index is 12.7. The molecule has 2 atom stereocenters. The molecule has 4 rings (SSSR count). The average Bonchev–Trinajstić information content (AvgIpc) is 3.31. The number of nitriles is 1. The lowest BCUT2D eigenvalue weighted by atomic mass is 9.92. The van der Waals surface area contributed by atoms with Gasteiger partial charge in [0, 0.05) is 36.6 Å². The third-order valence-electron chi connectivity index (χ3n) is 5.43. The molecule has 0 radical (unpaired) electrons. The van der Waals surface area contributed by atoms with Gasteiger partial charge in [-0.1, -0.05) is 42.5 Å². The summed E-state index contributed by atoms with van der Waals surface area (Å²) in [6.45, 7) is 1.43. The summed E-state index contributed by atoms with van der Waals surface area (Å²) in [4.78, 5) is 14.6. The number of amides is 2. The molecule has 6 heteroatoms. The van der Waals surface area contributed by atoms with Crippen LogP contribution in [0.25, 0.3) is 0 Å². The number of benzene rings is 2. The Morgan fingerprint density at radius 3 is 2.59 bits per heavy atom. The van der Waals surface area contributed by atoms with E-state index in [2.05, 4.69) is 21.6 Å². The van der Waals surface area contributed by atoms with E-state index in [4.69, 9.17) is 0 Å². The highest BCUT2D eigenvalue weighted by Crippen LogP contribution is 2.27. The van der Waals surface area contributed by atoms with E-state index in [1.165, 1.54) is 0 Å². The summed E-state index contributed by atoms with van der Waals surface area (Å²) in [5, 5.41) is 19.6. The van der Waals surface area contributed by atoms with E-state index in [0.29, 0.717) is 12.5 Å². The van der Waals surface area contributed by atoms with Crippen molar-refractivity contribution in [2.24, 2.45) is 0 Å². The lowest BCUT2D eigenvalue weighted by Crippen LogP contribution is -2.41. The lowest BCUT2D eigenvalue weighted by Gasteiger charge is -2.32. The average molecular weight is 385 g/mol. The van der Waals surface area contributed by atoms with Crippen molar-refractivity contribution in [3.05, 3.63) is 83.7 Å². The molecule has 1 fully saturated rings. The topological polar surface area (TPSA) is 84.8 Å². The zero-order valence-electron chi connectivity index (χ0n) is 16.1. The predicted octanol–water partition coefficient (Wildman–Crippen LogP) is 4.48. The van der Waals surface area contributed by atoms with E-state index in [1.54, 1.807) is 6.20 Å². The van der Waals surface area contributed by atoms with Gasteiger partial charge in [0.1, 0.15) is 0 Å². The summed E-state index contributed by atoms with van der Waals surface area (Å²) < 4.78 is 0. The first-order valence-electron chi connectivity index (χ1n) is 9.84. The van der Waals surface area contributed by atoms with Crippen molar-refractivity contribution in [3.8, 4) is 6.07 Å². The molecule has 6 nitrogen and oxygen atoms in total. The van der Waals surface area contributed by atoms with E-state index in [-0.39, 0.29) is 11.9 Å². The SMILES string of the molecule is N#CC(c1ccccc1)c1ccc(NC(=O)N2CCCC(c3ccn[nH]3)C2)cc1. The number of piperidine rings is 1. The van der Waals surface area contributed by atoms with E-state index in [1.807, 2.05) is 65.6 Å². The Kier molecular flexibility index (Phi) is 5.57. The molecular formula is C23H23N5O. The largest absolute Gasteiger partial charge is 0.324 e. The van der Waals surface area contributed by atoms with E-state index in [9.17, 15) is 10.1 Å². The molecule has 1 aliphatic rings. The van der Waals surface area contributed by atoms with Gasteiger partial charge < -0.3 is 10.2 Å². The number of likely N-dealkylation sites (tertiary alicyclic amines) is 1. The van der Waals surface area contributed by atoms with Crippen LogP contribution in [0.5, 0.6) is 0 Å². The predicted molar refractivity (Wildman–Crippen MR) is 111 cm³/mol. The van der Waals surface area contributed by atoms with Gasteiger partial charge in [-0.3, -0.25) is 5.10 Å². The second-order valence-electron chi connectivity index (χ2n) is 7.32. The van der Waals surface area contributed by atoms with Crippen molar-refractivity contribution in [3.63, 3.8) is 0 Å². The fraction of sp³-hybridized carbons (Fsp3) is 0.261. The molecule has 1 aromatic heterocycles. The molecule has 29 heavy (non-hydrogen) atoms. The van der Waals surface area contributed by atoms with Crippen molar-refractivity contribution in [1.29, 1.82) is 5.26 Å². The molecular weight excluding hydrogens is 362 g/mol. The van der Waals surface area contributed by atoms with Gasteiger partial charge in [0.05, 0.1) is 12.0 Å². The Bertz CT molecular complexity index is 976. The first-order chi connectivity index (χ1) is 14.2. The summed E-state index contributed by atoms with van der Waals surface area (Å²) in [5.41, 5.74) is 3.68. The number of nitrogens with zero attached hydrogens (tertiary/aromatic N) is 3. The van der Waals surface area contributed by atoms with Crippen LogP contribution >= 0.6 is 0 Å². The maximum Gasteiger partial charge on any atom is 0.321 e. The Balaban J connectivity index is 1.41. The van der Waals surface area contributed by atoms with Crippen LogP contribution in [-0.2, 0) is 0 Å². The fourth-order valence-electron chi connectivity index (χ4n) is 3.86. The third-order valence-corrected chi connectivity index (χ3v) is 5.43. The third kappa shape index (κ3) is 4.30. The number of hydrogen-bond acceptors (Lipinski definition) is 3. The van der Waals surface area contributed by atoms with Gasteiger partial charge in [0.15, 0.2) is 0 Å². The Morgan fingerprint density at radius 2 is 1.90 bits per heavy atom. The Hall–Kier alpha value is -3.59. The van der Waals surface area contributed by atoms with E-state index in [0.717, 1.165) is 41.9 Å². The first-order valence-corrected chi connectivity index (χ1v) is 9.84. The number of H-pyrrole nitrogens is 1. The number of hydrogen-bond donors (Lipinski definition) is 2. The number of anilines is 1. The van der Waals surface area contributed by atoms with E-state index >= 15 is 0 Å². The maximum atomic E-state index is 12.7. The van der Waals surface area contributed by atoms with Crippen LogP contribution in [0, 0.1) is 11.3 Å². The molecule has 1 aliphatic heterocycles. The summed E-state index contributed by atoms with van der Waals surface area (Å²) in [5.74, 6) is -0.0279. The number of aromatic amines is 1. The van der Waals surface area contributed by atoms with Crippen LogP contribution in [0.3, 0.4) is 0 Å². The summed E-state index contributed by atoms with van der Waals surface area (Å²) in [6, 6.07) is 21.5. The number of urea groups is 1. The second-order valence-corrected chi connectivity index (χ2v) is 7.32.